The third kappa shape index (κ3) is 12.7. The van der Waals surface area contributed by atoms with Crippen LogP contribution in [0.25, 0.3) is 5.52 Å². The number of nitriles is 1. The van der Waals surface area contributed by atoms with Crippen LogP contribution in [0.4, 0.5) is 5.82 Å². The number of aliphatic hydroxyl groups is 2. The van der Waals surface area contributed by atoms with Crippen LogP contribution in [-0.4, -0.2) is 73.9 Å². The molecule has 0 amide bonds. The minimum atomic E-state index is -4.59. The molecular weight excluding hydrogens is 625 g/mol. The molecule has 0 aliphatic carbocycles. The second-order valence-corrected chi connectivity index (χ2v) is 14.0. The van der Waals surface area contributed by atoms with Crippen molar-refractivity contribution in [2.75, 3.05) is 32.2 Å². The van der Waals surface area contributed by atoms with E-state index in [4.69, 9.17) is 24.3 Å². The summed E-state index contributed by atoms with van der Waals surface area (Å²) < 4.78 is 35.2. The van der Waals surface area contributed by atoms with Gasteiger partial charge in [0.15, 0.2) is 5.82 Å². The molecule has 5 N–H and O–H groups in total. The standard InChI is InChI=1S/C33H56N5O8P/c1-2-3-4-5-6-7-8-9-10-11-12-13-14-15-16-17-21-43-22-18-23-44-47(41,42)45-25-33(24-34)31(40)29(39)30(46-33)27-19-20-28-32(35)36-26-37-38(27)28/h19-20,26,29-31,39-40H,2-18,21-23,25H2,1H3,(H,41,42)(H2,35,36,37)/t29-,30-,31-,33+/m0/s1. The Morgan fingerprint density at radius 3 is 2.09 bits per heavy atom. The van der Waals surface area contributed by atoms with Crippen LogP contribution in [-0.2, 0) is 23.1 Å². The fourth-order valence-electron chi connectivity index (χ4n) is 5.89. The van der Waals surface area contributed by atoms with Gasteiger partial charge in [0.1, 0.15) is 42.8 Å². The zero-order chi connectivity index (χ0) is 34.0. The van der Waals surface area contributed by atoms with Crippen molar-refractivity contribution in [3.05, 3.63) is 24.2 Å². The molecule has 0 bridgehead atoms. The number of nitrogen functional groups attached to an aromatic ring is 1. The highest BCUT2D eigenvalue weighted by molar-refractivity contribution is 7.47. The van der Waals surface area contributed by atoms with Gasteiger partial charge in [0.25, 0.3) is 0 Å². The van der Waals surface area contributed by atoms with Gasteiger partial charge >= 0.3 is 7.82 Å². The molecule has 0 saturated carbocycles. The Labute approximate surface area is 279 Å². The quantitative estimate of drug-likeness (QED) is 0.0652. The third-order valence-corrected chi connectivity index (χ3v) is 9.68. The molecule has 2 aromatic rings. The van der Waals surface area contributed by atoms with Gasteiger partial charge < -0.3 is 30.3 Å². The summed E-state index contributed by atoms with van der Waals surface area (Å²) in [6.45, 7) is 2.35. The fraction of sp³-hybridized carbons (Fsp3) is 0.788. The SMILES string of the molecule is CCCCCCCCCCCCCCCCCCOCCCOP(=O)(O)OC[C@@]1(C#N)O[C@@H](c2ccc3c(N)ncnn23)[C@H](O)[C@@H]1O. The van der Waals surface area contributed by atoms with Gasteiger partial charge in [-0.05, 0) is 25.0 Å². The number of phosphoric acid groups is 1. The molecule has 1 unspecified atom stereocenters. The molecule has 0 spiro atoms. The lowest BCUT2D eigenvalue weighted by Gasteiger charge is -2.25. The number of anilines is 1. The van der Waals surface area contributed by atoms with Gasteiger partial charge in [-0.3, -0.25) is 9.05 Å². The molecule has 1 saturated heterocycles. The number of nitrogens with two attached hydrogens (primary N) is 1. The van der Waals surface area contributed by atoms with Gasteiger partial charge in [0.05, 0.1) is 12.3 Å². The third-order valence-electron chi connectivity index (χ3n) is 8.71. The van der Waals surface area contributed by atoms with Crippen LogP contribution in [0.15, 0.2) is 18.5 Å². The molecule has 0 aromatic carbocycles. The Balaban J connectivity index is 1.20. The summed E-state index contributed by atoms with van der Waals surface area (Å²) >= 11 is 0. The Morgan fingerprint density at radius 1 is 0.915 bits per heavy atom. The first-order chi connectivity index (χ1) is 22.7. The molecule has 266 valence electrons. The molecule has 47 heavy (non-hydrogen) atoms. The average molecular weight is 682 g/mol. The molecule has 14 heteroatoms. The molecule has 0 radical (unpaired) electrons. The first-order valence-corrected chi connectivity index (χ1v) is 19.0. The van der Waals surface area contributed by atoms with E-state index in [1.807, 2.05) is 0 Å². The number of unbranched alkanes of at least 4 members (excludes halogenated alkanes) is 15. The first-order valence-electron chi connectivity index (χ1n) is 17.5. The number of aromatic nitrogens is 3. The van der Waals surface area contributed by atoms with Crippen LogP contribution in [0.1, 0.15) is 128 Å². The summed E-state index contributed by atoms with van der Waals surface area (Å²) in [6.07, 6.45) is 18.1. The van der Waals surface area contributed by atoms with Crippen LogP contribution in [0.3, 0.4) is 0 Å². The van der Waals surface area contributed by atoms with Crippen molar-refractivity contribution in [2.24, 2.45) is 0 Å². The summed E-state index contributed by atoms with van der Waals surface area (Å²) in [5, 5.41) is 35.3. The van der Waals surface area contributed by atoms with Crippen LogP contribution in [0.2, 0.25) is 0 Å². The van der Waals surface area contributed by atoms with E-state index in [2.05, 4.69) is 17.0 Å². The summed E-state index contributed by atoms with van der Waals surface area (Å²) in [5.74, 6) is 0.193. The molecular formula is C33H56N5O8P. The van der Waals surface area contributed by atoms with Crippen molar-refractivity contribution in [1.29, 1.82) is 5.26 Å². The van der Waals surface area contributed by atoms with Gasteiger partial charge in [-0.15, -0.1) is 0 Å². The highest BCUT2D eigenvalue weighted by Gasteiger charge is 2.57. The summed E-state index contributed by atoms with van der Waals surface area (Å²) in [7, 11) is -4.59. The van der Waals surface area contributed by atoms with Crippen LogP contribution < -0.4 is 5.73 Å². The Hall–Kier alpha value is -2.14. The Bertz CT molecular complexity index is 1260. The Kier molecular flexibility index (Phi) is 17.6. The fourth-order valence-corrected chi connectivity index (χ4v) is 6.67. The number of fused-ring (bicyclic) bond motifs is 1. The van der Waals surface area contributed by atoms with Gasteiger partial charge in [0, 0.05) is 13.2 Å². The minimum Gasteiger partial charge on any atom is -0.387 e. The topological polar surface area (TPSA) is 195 Å². The summed E-state index contributed by atoms with van der Waals surface area (Å²) in [5.41, 5.74) is 4.48. The highest BCUT2D eigenvalue weighted by atomic mass is 31.2. The maximum Gasteiger partial charge on any atom is 0.472 e. The van der Waals surface area contributed by atoms with E-state index in [0.717, 1.165) is 12.8 Å². The number of nitrogens with zero attached hydrogens (tertiary/aromatic N) is 4. The van der Waals surface area contributed by atoms with Crippen LogP contribution in [0.5, 0.6) is 0 Å². The lowest BCUT2D eigenvalue weighted by Crippen LogP contribution is -2.45. The number of phosphoric ester groups is 1. The second kappa shape index (κ2) is 21.1. The predicted octanol–water partition coefficient (Wildman–Crippen LogP) is 6.17. The van der Waals surface area contributed by atoms with Crippen molar-refractivity contribution in [3.8, 4) is 6.07 Å². The van der Waals surface area contributed by atoms with E-state index >= 15 is 0 Å². The number of aliphatic hydroxyl groups excluding tert-OH is 2. The van der Waals surface area contributed by atoms with Gasteiger partial charge in [-0.2, -0.15) is 10.4 Å². The van der Waals surface area contributed by atoms with Gasteiger partial charge in [-0.1, -0.05) is 103 Å². The second-order valence-electron chi connectivity index (χ2n) is 12.5. The van der Waals surface area contributed by atoms with Crippen molar-refractivity contribution in [3.63, 3.8) is 0 Å². The van der Waals surface area contributed by atoms with Crippen LogP contribution >= 0.6 is 7.82 Å². The lowest BCUT2D eigenvalue weighted by atomic mass is 9.96. The molecule has 13 nitrogen and oxygen atoms in total. The normalized spacial score (nSPS) is 22.5. The molecule has 1 aliphatic rings. The van der Waals surface area contributed by atoms with Gasteiger partial charge in [-0.25, -0.2) is 14.1 Å². The van der Waals surface area contributed by atoms with E-state index in [9.17, 15) is 24.9 Å². The molecule has 3 heterocycles. The van der Waals surface area contributed by atoms with E-state index in [0.29, 0.717) is 30.8 Å². The van der Waals surface area contributed by atoms with Crippen molar-refractivity contribution in [2.45, 2.75) is 140 Å². The largest absolute Gasteiger partial charge is 0.472 e. The van der Waals surface area contributed by atoms with E-state index in [-0.39, 0.29) is 12.4 Å². The number of ether oxygens (including phenoxy) is 2. The van der Waals surface area contributed by atoms with Crippen LogP contribution in [0, 0.1) is 11.3 Å². The maximum absolute atomic E-state index is 12.5. The van der Waals surface area contributed by atoms with Crippen molar-refractivity contribution in [1.82, 2.24) is 14.6 Å². The highest BCUT2D eigenvalue weighted by Crippen LogP contribution is 2.47. The lowest BCUT2D eigenvalue weighted by molar-refractivity contribution is -0.0744. The summed E-state index contributed by atoms with van der Waals surface area (Å²) in [4.78, 5) is 14.0. The summed E-state index contributed by atoms with van der Waals surface area (Å²) in [6, 6.07) is 4.96. The molecule has 5 atom stereocenters. The van der Waals surface area contributed by atoms with E-state index in [1.54, 1.807) is 18.2 Å². The minimum absolute atomic E-state index is 0.0990. The van der Waals surface area contributed by atoms with E-state index in [1.165, 1.54) is 101 Å². The zero-order valence-electron chi connectivity index (χ0n) is 28.0. The van der Waals surface area contributed by atoms with Crippen molar-refractivity contribution < 1.29 is 38.2 Å². The Morgan fingerprint density at radius 2 is 1.49 bits per heavy atom. The molecule has 2 aromatic heterocycles. The molecule has 3 rings (SSSR count). The average Bonchev–Trinajstić information content (AvgIpc) is 3.60. The smallest absolute Gasteiger partial charge is 0.387 e. The molecule has 1 aliphatic heterocycles. The van der Waals surface area contributed by atoms with E-state index < -0.39 is 38.3 Å². The number of hydrogen-bond donors (Lipinski definition) is 4. The maximum atomic E-state index is 12.5. The number of rotatable bonds is 26. The number of hydrogen-bond acceptors (Lipinski definition) is 11. The monoisotopic (exact) mass is 681 g/mol. The van der Waals surface area contributed by atoms with Crippen molar-refractivity contribution >= 4 is 19.2 Å². The molecule has 1 fully saturated rings. The predicted molar refractivity (Wildman–Crippen MR) is 178 cm³/mol. The first kappa shape index (κ1) is 39.3. The zero-order valence-corrected chi connectivity index (χ0v) is 28.9. The van der Waals surface area contributed by atoms with Gasteiger partial charge in [0.2, 0.25) is 5.60 Å².